The molecule has 31 heavy (non-hydrogen) atoms. The zero-order chi connectivity index (χ0) is 22.9. The molecule has 1 aliphatic rings. The quantitative estimate of drug-likeness (QED) is 0.706. The van der Waals surface area contributed by atoms with Crippen LogP contribution in [-0.2, 0) is 19.6 Å². The summed E-state index contributed by atoms with van der Waals surface area (Å²) in [6.45, 7) is 4.51. The molecule has 1 heterocycles. The Bertz CT molecular complexity index is 1150. The number of anilines is 2. The molecule has 0 fully saturated rings. The number of carbonyl (C=O) groups excluding carboxylic acids is 2. The Kier molecular flexibility index (Phi) is 6.33. The molecule has 2 aromatic rings. The molecule has 0 radical (unpaired) electrons. The van der Waals surface area contributed by atoms with Gasteiger partial charge in [-0.1, -0.05) is 13.0 Å². The third kappa shape index (κ3) is 4.70. The van der Waals surface area contributed by atoms with Crippen molar-refractivity contribution in [1.82, 2.24) is 4.31 Å². The molecular formula is C21H24FN3O5S. The molecular weight excluding hydrogens is 425 g/mol. The largest absolute Gasteiger partial charge is 0.478 e. The summed E-state index contributed by atoms with van der Waals surface area (Å²) in [5.41, 5.74) is 1.46. The van der Waals surface area contributed by atoms with Gasteiger partial charge < -0.3 is 15.4 Å². The number of hydrogen-bond acceptors (Lipinski definition) is 5. The summed E-state index contributed by atoms with van der Waals surface area (Å²) in [6, 6.07) is 7.10. The first kappa shape index (κ1) is 22.7. The van der Waals surface area contributed by atoms with Crippen molar-refractivity contribution in [3.05, 3.63) is 47.3 Å². The van der Waals surface area contributed by atoms with Crippen LogP contribution in [0, 0.1) is 19.7 Å². The molecule has 0 spiro atoms. The number of nitrogens with zero attached hydrogens (tertiary/aromatic N) is 1. The monoisotopic (exact) mass is 449 g/mol. The number of ether oxygens (including phenoxy) is 1. The van der Waals surface area contributed by atoms with Crippen LogP contribution in [0.3, 0.4) is 0 Å². The molecule has 1 atom stereocenters. The van der Waals surface area contributed by atoms with Crippen molar-refractivity contribution < 1.29 is 27.1 Å². The van der Waals surface area contributed by atoms with Gasteiger partial charge in [0.15, 0.2) is 6.10 Å². The minimum Gasteiger partial charge on any atom is -0.478 e. The van der Waals surface area contributed by atoms with E-state index in [1.54, 1.807) is 20.8 Å². The second-order valence-corrected chi connectivity index (χ2v) is 9.40. The second kappa shape index (κ2) is 8.64. The maximum Gasteiger partial charge on any atom is 0.265 e. The summed E-state index contributed by atoms with van der Waals surface area (Å²) in [4.78, 5) is 24.3. The van der Waals surface area contributed by atoms with Crippen LogP contribution in [0.1, 0.15) is 24.5 Å². The average molecular weight is 450 g/mol. The van der Waals surface area contributed by atoms with Crippen LogP contribution in [0.25, 0.3) is 0 Å². The van der Waals surface area contributed by atoms with Gasteiger partial charge in [0.25, 0.3) is 5.91 Å². The predicted molar refractivity (Wildman–Crippen MR) is 114 cm³/mol. The molecule has 0 aliphatic carbocycles. The van der Waals surface area contributed by atoms with E-state index in [4.69, 9.17) is 4.74 Å². The van der Waals surface area contributed by atoms with Crippen molar-refractivity contribution in [2.45, 2.75) is 38.2 Å². The number of fused-ring (bicyclic) bond motifs is 1. The Morgan fingerprint density at radius 2 is 1.94 bits per heavy atom. The van der Waals surface area contributed by atoms with Gasteiger partial charge in [-0.05, 0) is 49.6 Å². The molecule has 2 aromatic carbocycles. The smallest absolute Gasteiger partial charge is 0.265 e. The lowest BCUT2D eigenvalue weighted by Crippen LogP contribution is -2.37. The van der Waals surface area contributed by atoms with E-state index in [-0.39, 0.29) is 22.2 Å². The Morgan fingerprint density at radius 3 is 2.58 bits per heavy atom. The van der Waals surface area contributed by atoms with Crippen LogP contribution in [0.15, 0.2) is 35.2 Å². The summed E-state index contributed by atoms with van der Waals surface area (Å²) in [5, 5.41) is 5.20. The molecule has 2 N–H and O–H groups in total. The molecule has 10 heteroatoms. The van der Waals surface area contributed by atoms with E-state index in [2.05, 4.69) is 10.6 Å². The summed E-state index contributed by atoms with van der Waals surface area (Å²) in [5.74, 6) is -1.12. The van der Waals surface area contributed by atoms with Gasteiger partial charge in [0.05, 0.1) is 17.1 Å². The normalized spacial score (nSPS) is 15.8. The number of sulfonamides is 1. The van der Waals surface area contributed by atoms with Crippen LogP contribution < -0.4 is 15.4 Å². The molecule has 166 valence electrons. The summed E-state index contributed by atoms with van der Waals surface area (Å²) in [7, 11) is -2.76. The van der Waals surface area contributed by atoms with Crippen molar-refractivity contribution in [3.63, 3.8) is 0 Å². The topological polar surface area (TPSA) is 105 Å². The maximum atomic E-state index is 13.7. The molecule has 3 rings (SSSR count). The highest BCUT2D eigenvalue weighted by Crippen LogP contribution is 2.35. The number of benzene rings is 2. The molecule has 0 bridgehead atoms. The lowest BCUT2D eigenvalue weighted by molar-refractivity contribution is -0.123. The van der Waals surface area contributed by atoms with Crippen LogP contribution in [0.2, 0.25) is 0 Å². The van der Waals surface area contributed by atoms with E-state index < -0.39 is 34.4 Å². The molecule has 8 nitrogen and oxygen atoms in total. The molecule has 2 amide bonds. The zero-order valence-corrected chi connectivity index (χ0v) is 18.5. The van der Waals surface area contributed by atoms with E-state index in [9.17, 15) is 22.4 Å². The number of nitrogens with one attached hydrogen (secondary N) is 2. The molecule has 0 saturated carbocycles. The maximum absolute atomic E-state index is 13.7. The number of aryl methyl sites for hydroxylation is 2. The first-order valence-corrected chi connectivity index (χ1v) is 11.1. The van der Waals surface area contributed by atoms with Crippen molar-refractivity contribution in [2.24, 2.45) is 0 Å². The third-order valence-corrected chi connectivity index (χ3v) is 6.92. The number of amides is 2. The lowest BCUT2D eigenvalue weighted by Gasteiger charge is -2.27. The fourth-order valence-electron chi connectivity index (χ4n) is 3.16. The van der Waals surface area contributed by atoms with Gasteiger partial charge in [0.2, 0.25) is 15.9 Å². The third-order valence-electron chi connectivity index (χ3n) is 4.98. The van der Waals surface area contributed by atoms with Crippen molar-refractivity contribution >= 4 is 33.2 Å². The highest BCUT2D eigenvalue weighted by atomic mass is 32.2. The van der Waals surface area contributed by atoms with Gasteiger partial charge in [0, 0.05) is 18.8 Å². The molecule has 1 unspecified atom stereocenters. The highest BCUT2D eigenvalue weighted by Gasteiger charge is 2.31. The predicted octanol–water partition coefficient (Wildman–Crippen LogP) is 2.81. The SMILES string of the molecule is CCC1Oc2cc(S(=O)(=O)N(C)CC(=O)Nc3ccc(C)c(F)c3)c(C)cc2NC1=O. The standard InChI is InChI=1S/C21H24FN3O5S/c1-5-17-21(27)24-16-8-13(3)19(10-18(16)30-17)31(28,29)25(4)11-20(26)23-14-7-6-12(2)15(22)9-14/h6-10,17H,5,11H2,1-4H3,(H,23,26)(H,24,27). The van der Waals surface area contributed by atoms with Crippen molar-refractivity contribution in [3.8, 4) is 5.75 Å². The van der Waals surface area contributed by atoms with Gasteiger partial charge in [-0.2, -0.15) is 4.31 Å². The van der Waals surface area contributed by atoms with Gasteiger partial charge in [-0.25, -0.2) is 12.8 Å². The first-order chi connectivity index (χ1) is 14.5. The summed E-state index contributed by atoms with van der Waals surface area (Å²) < 4.78 is 46.4. The van der Waals surface area contributed by atoms with Gasteiger partial charge >= 0.3 is 0 Å². The van der Waals surface area contributed by atoms with Gasteiger partial charge in [-0.15, -0.1) is 0 Å². The first-order valence-electron chi connectivity index (χ1n) is 9.67. The van der Waals surface area contributed by atoms with Crippen LogP contribution >= 0.6 is 0 Å². The Labute approximate surface area is 180 Å². The van der Waals surface area contributed by atoms with Crippen LogP contribution in [-0.4, -0.2) is 44.2 Å². The molecule has 0 saturated heterocycles. The minimum absolute atomic E-state index is 0.0334. The van der Waals surface area contributed by atoms with Crippen molar-refractivity contribution in [2.75, 3.05) is 24.2 Å². The second-order valence-electron chi connectivity index (χ2n) is 7.39. The van der Waals surface area contributed by atoms with Crippen LogP contribution in [0.5, 0.6) is 5.75 Å². The fraction of sp³-hybridized carbons (Fsp3) is 0.333. The van der Waals surface area contributed by atoms with E-state index >= 15 is 0 Å². The number of hydrogen-bond donors (Lipinski definition) is 2. The van der Waals surface area contributed by atoms with Crippen molar-refractivity contribution in [1.29, 1.82) is 0 Å². The Hall–Kier alpha value is -2.98. The van der Waals surface area contributed by atoms with E-state index in [0.29, 0.717) is 23.2 Å². The Morgan fingerprint density at radius 1 is 1.23 bits per heavy atom. The number of likely N-dealkylation sites (N-methyl/N-ethyl adjacent to an activating group) is 1. The van der Waals surface area contributed by atoms with Gasteiger partial charge in [-0.3, -0.25) is 9.59 Å². The lowest BCUT2D eigenvalue weighted by atomic mass is 10.1. The Balaban J connectivity index is 1.79. The van der Waals surface area contributed by atoms with E-state index in [0.717, 1.165) is 4.31 Å². The summed E-state index contributed by atoms with van der Waals surface area (Å²) >= 11 is 0. The zero-order valence-electron chi connectivity index (χ0n) is 17.7. The van der Waals surface area contributed by atoms with E-state index in [1.165, 1.54) is 37.4 Å². The highest BCUT2D eigenvalue weighted by molar-refractivity contribution is 7.89. The van der Waals surface area contributed by atoms with Crippen LogP contribution in [0.4, 0.5) is 15.8 Å². The average Bonchev–Trinajstić information content (AvgIpc) is 2.69. The van der Waals surface area contributed by atoms with E-state index in [1.807, 2.05) is 0 Å². The molecule has 0 aromatic heterocycles. The fourth-order valence-corrected chi connectivity index (χ4v) is 4.50. The summed E-state index contributed by atoms with van der Waals surface area (Å²) in [6.07, 6.45) is -0.273. The minimum atomic E-state index is -4.04. The number of carbonyl (C=O) groups is 2. The number of rotatable bonds is 6. The van der Waals surface area contributed by atoms with Gasteiger partial charge in [0.1, 0.15) is 11.6 Å². The molecule has 1 aliphatic heterocycles. The number of halogens is 1.